The summed E-state index contributed by atoms with van der Waals surface area (Å²) < 4.78 is 34.0. The molecule has 11 heteroatoms. The first-order valence-electron chi connectivity index (χ1n) is 14.4. The standard InChI is InChI=1S/C30H35F2N7O2/c1-18(41-17-37-15-25-26(16-37)29(25)40)11-38-28(22(8-33)10-35-38)19(2)21-3-4-27(34-9-21)39-23-5-24(39)14-36(13-23)12-20-6-30(31,32)7-20/h3-4,9-11,20,23-26,29,40H,2,5-7,12-17H2,1H3/b18-11+. The first-order valence-corrected chi connectivity index (χ1v) is 14.4. The molecular formula is C30H35F2N7O2. The van der Waals surface area contributed by atoms with E-state index in [9.17, 15) is 19.1 Å². The summed E-state index contributed by atoms with van der Waals surface area (Å²) in [6.07, 6.45) is 6.08. The molecule has 216 valence electrons. The molecule has 4 unspecified atom stereocenters. The second kappa shape index (κ2) is 9.89. The van der Waals surface area contributed by atoms with Gasteiger partial charge in [-0.15, -0.1) is 0 Å². The lowest BCUT2D eigenvalue weighted by Gasteiger charge is -2.57. The van der Waals surface area contributed by atoms with Crippen molar-refractivity contribution < 1.29 is 18.6 Å². The Balaban J connectivity index is 0.984. The molecule has 4 atom stereocenters. The second-order valence-electron chi connectivity index (χ2n) is 12.5. The Bertz CT molecular complexity index is 1380. The van der Waals surface area contributed by atoms with Gasteiger partial charge in [-0.05, 0) is 31.4 Å². The fraction of sp³-hybridized carbons (Fsp3) is 0.567. The molecule has 9 nitrogen and oxygen atoms in total. The number of fused-ring (bicyclic) bond motifs is 3. The van der Waals surface area contributed by atoms with Crippen LogP contribution in [0.4, 0.5) is 14.6 Å². The summed E-state index contributed by atoms with van der Waals surface area (Å²) in [4.78, 5) is 11.6. The number of alkyl halides is 2. The van der Waals surface area contributed by atoms with Gasteiger partial charge >= 0.3 is 0 Å². The van der Waals surface area contributed by atoms with Crippen LogP contribution in [0.2, 0.25) is 0 Å². The predicted molar refractivity (Wildman–Crippen MR) is 149 cm³/mol. The smallest absolute Gasteiger partial charge is 0.248 e. The van der Waals surface area contributed by atoms with E-state index in [2.05, 4.69) is 32.4 Å². The van der Waals surface area contributed by atoms with Gasteiger partial charge in [-0.25, -0.2) is 18.4 Å². The van der Waals surface area contributed by atoms with E-state index in [-0.39, 0.29) is 24.9 Å². The average Bonchev–Trinajstić information content (AvgIpc) is 3.26. The van der Waals surface area contributed by atoms with Crippen molar-refractivity contribution in [2.75, 3.05) is 44.4 Å². The number of nitriles is 1. The molecule has 6 heterocycles. The van der Waals surface area contributed by atoms with Crippen LogP contribution in [0.5, 0.6) is 0 Å². The molecule has 0 aromatic carbocycles. The van der Waals surface area contributed by atoms with Gasteiger partial charge in [0.1, 0.15) is 24.4 Å². The monoisotopic (exact) mass is 563 g/mol. The van der Waals surface area contributed by atoms with E-state index < -0.39 is 5.92 Å². The number of aromatic nitrogens is 3. The number of ether oxygens (including phenoxy) is 1. The van der Waals surface area contributed by atoms with Crippen LogP contribution in [0.25, 0.3) is 11.8 Å². The summed E-state index contributed by atoms with van der Waals surface area (Å²) in [5.74, 6) is -0.0184. The van der Waals surface area contributed by atoms with Crippen LogP contribution in [0.1, 0.15) is 43.0 Å². The van der Waals surface area contributed by atoms with E-state index in [4.69, 9.17) is 9.72 Å². The zero-order chi connectivity index (χ0) is 28.5. The summed E-state index contributed by atoms with van der Waals surface area (Å²) >= 11 is 0. The summed E-state index contributed by atoms with van der Waals surface area (Å²) in [5.41, 5.74) is 2.45. The zero-order valence-electron chi connectivity index (χ0n) is 23.2. The molecule has 2 saturated carbocycles. The summed E-state index contributed by atoms with van der Waals surface area (Å²) in [6, 6.07) is 6.90. The summed E-state index contributed by atoms with van der Waals surface area (Å²) in [7, 11) is 0. The van der Waals surface area contributed by atoms with Crippen LogP contribution in [0, 0.1) is 29.1 Å². The minimum atomic E-state index is -2.46. The predicted octanol–water partition coefficient (Wildman–Crippen LogP) is 3.23. The van der Waals surface area contributed by atoms with Gasteiger partial charge in [-0.3, -0.25) is 9.80 Å². The van der Waals surface area contributed by atoms with Crippen molar-refractivity contribution in [3.63, 3.8) is 0 Å². The third-order valence-corrected chi connectivity index (χ3v) is 9.53. The Morgan fingerprint density at radius 2 is 1.90 bits per heavy atom. The third kappa shape index (κ3) is 4.92. The van der Waals surface area contributed by atoms with Crippen LogP contribution in [0.3, 0.4) is 0 Å². The normalized spacial score (nSPS) is 30.8. The van der Waals surface area contributed by atoms with Gasteiger partial charge < -0.3 is 14.7 Å². The molecule has 6 fully saturated rings. The largest absolute Gasteiger partial charge is 0.481 e. The number of pyridine rings is 1. The van der Waals surface area contributed by atoms with Gasteiger partial charge in [0.15, 0.2) is 0 Å². The fourth-order valence-corrected chi connectivity index (χ4v) is 7.29. The van der Waals surface area contributed by atoms with Crippen molar-refractivity contribution in [3.05, 3.63) is 53.7 Å². The van der Waals surface area contributed by atoms with Gasteiger partial charge in [-0.1, -0.05) is 6.58 Å². The van der Waals surface area contributed by atoms with Gasteiger partial charge in [0.25, 0.3) is 0 Å². The number of piperidine rings is 2. The van der Waals surface area contributed by atoms with E-state index in [0.29, 0.717) is 53.2 Å². The highest BCUT2D eigenvalue weighted by Crippen LogP contribution is 2.45. The minimum Gasteiger partial charge on any atom is -0.481 e. The zero-order valence-corrected chi connectivity index (χ0v) is 23.2. The molecule has 2 bridgehead atoms. The molecule has 2 aromatic rings. The number of halogens is 2. The molecule has 0 radical (unpaired) electrons. The van der Waals surface area contributed by atoms with Crippen molar-refractivity contribution in [1.82, 2.24) is 24.6 Å². The average molecular weight is 564 g/mol. The topological polar surface area (TPSA) is 93.7 Å². The molecule has 1 N–H and O–H groups in total. The highest BCUT2D eigenvalue weighted by molar-refractivity contribution is 5.80. The van der Waals surface area contributed by atoms with E-state index >= 15 is 0 Å². The van der Waals surface area contributed by atoms with Crippen LogP contribution in [-0.4, -0.2) is 93.2 Å². The number of hydrogen-bond acceptors (Lipinski definition) is 8. The number of nitrogens with zero attached hydrogens (tertiary/aromatic N) is 7. The first-order chi connectivity index (χ1) is 19.7. The Hall–Kier alpha value is -3.33. The maximum atomic E-state index is 13.2. The molecule has 2 aromatic heterocycles. The van der Waals surface area contributed by atoms with Crippen molar-refractivity contribution in [1.29, 1.82) is 5.26 Å². The van der Waals surface area contributed by atoms with Crippen LogP contribution in [-0.2, 0) is 4.74 Å². The van der Waals surface area contributed by atoms with Gasteiger partial charge in [0.2, 0.25) is 5.92 Å². The first kappa shape index (κ1) is 26.6. The lowest BCUT2D eigenvalue weighted by atomic mass is 9.79. The second-order valence-corrected chi connectivity index (χ2v) is 12.5. The molecule has 41 heavy (non-hydrogen) atoms. The summed E-state index contributed by atoms with van der Waals surface area (Å²) in [6.45, 7) is 10.8. The Kier molecular flexibility index (Phi) is 6.41. The van der Waals surface area contributed by atoms with E-state index in [1.54, 1.807) is 17.1 Å². The van der Waals surface area contributed by atoms with Crippen molar-refractivity contribution in [3.8, 4) is 6.07 Å². The van der Waals surface area contributed by atoms with E-state index in [1.807, 2.05) is 19.1 Å². The molecule has 0 spiro atoms. The number of aliphatic hydroxyl groups excluding tert-OH is 1. The highest BCUT2D eigenvalue weighted by Gasteiger charge is 2.55. The number of likely N-dealkylation sites (tertiary alicyclic amines) is 1. The van der Waals surface area contributed by atoms with Crippen molar-refractivity contribution >= 4 is 17.6 Å². The van der Waals surface area contributed by atoms with Crippen LogP contribution >= 0.6 is 0 Å². The molecular weight excluding hydrogens is 528 g/mol. The van der Waals surface area contributed by atoms with E-state index in [1.165, 1.54) is 6.20 Å². The van der Waals surface area contributed by atoms with Crippen molar-refractivity contribution in [2.24, 2.45) is 17.8 Å². The molecule has 0 amide bonds. The van der Waals surface area contributed by atoms with Gasteiger partial charge in [-0.2, -0.15) is 10.4 Å². The van der Waals surface area contributed by atoms with Crippen molar-refractivity contribution in [2.45, 2.75) is 50.3 Å². The minimum absolute atomic E-state index is 0.0232. The van der Waals surface area contributed by atoms with E-state index in [0.717, 1.165) is 50.5 Å². The Morgan fingerprint density at radius 1 is 1.17 bits per heavy atom. The number of piperazine rings is 1. The van der Waals surface area contributed by atoms with Crippen LogP contribution in [0.15, 0.2) is 36.9 Å². The number of allylic oxidation sites excluding steroid dienone is 1. The molecule has 2 aliphatic carbocycles. The number of aliphatic hydroxyl groups is 1. The highest BCUT2D eigenvalue weighted by atomic mass is 19.3. The molecule has 4 aliphatic heterocycles. The van der Waals surface area contributed by atoms with Crippen LogP contribution < -0.4 is 4.90 Å². The number of anilines is 1. The number of hydrogen-bond donors (Lipinski definition) is 1. The SMILES string of the molecule is C=C(c1ccc(N2C3CC2CN(CC2CC(F)(F)C2)C3)nc1)c1c(C#N)cnn1/C=C(\C)OCN1CC2C(O)C2C1. The Morgan fingerprint density at radius 3 is 2.54 bits per heavy atom. The lowest BCUT2D eigenvalue weighted by Crippen LogP contribution is -2.69. The molecule has 4 saturated heterocycles. The van der Waals surface area contributed by atoms with Gasteiger partial charge in [0, 0.05) is 86.8 Å². The Labute approximate surface area is 238 Å². The maximum Gasteiger partial charge on any atom is 0.248 e. The quantitative estimate of drug-likeness (QED) is 0.465. The summed E-state index contributed by atoms with van der Waals surface area (Å²) in [5, 5.41) is 23.9. The van der Waals surface area contributed by atoms with Gasteiger partial charge in [0.05, 0.1) is 29.8 Å². The maximum absolute atomic E-state index is 13.2. The molecule has 6 aliphatic rings. The molecule has 8 rings (SSSR count). The third-order valence-electron chi connectivity index (χ3n) is 9.53. The number of rotatable bonds is 9. The lowest BCUT2D eigenvalue weighted by molar-refractivity contribution is -0.118. The fourth-order valence-electron chi connectivity index (χ4n) is 7.29.